The maximum Gasteiger partial charge on any atom is 0.339 e. The molecular weight excluding hydrogens is 446 g/mol. The summed E-state index contributed by atoms with van der Waals surface area (Å²) in [5.74, 6) is -1.23. The van der Waals surface area contributed by atoms with Gasteiger partial charge in [-0.1, -0.05) is 17.7 Å². The molecule has 0 atom stereocenters. The minimum absolute atomic E-state index is 0.0197. The molecule has 0 bridgehead atoms. The van der Waals surface area contributed by atoms with Crippen LogP contribution in [0.25, 0.3) is 10.4 Å². The van der Waals surface area contributed by atoms with Gasteiger partial charge in [-0.2, -0.15) is 0 Å². The van der Waals surface area contributed by atoms with Gasteiger partial charge in [-0.3, -0.25) is 4.79 Å². The van der Waals surface area contributed by atoms with E-state index in [1.165, 1.54) is 24.5 Å². The maximum absolute atomic E-state index is 12.7. The van der Waals surface area contributed by atoms with Gasteiger partial charge in [0.2, 0.25) is 0 Å². The lowest BCUT2D eigenvalue weighted by Gasteiger charge is -2.09. The fraction of sp³-hybridized carbons (Fsp3) is 0.0500. The molecule has 2 aromatic carbocycles. The van der Waals surface area contributed by atoms with Crippen LogP contribution in [0.5, 0.6) is 5.75 Å². The number of thiophene rings is 1. The maximum atomic E-state index is 12.7. The summed E-state index contributed by atoms with van der Waals surface area (Å²) in [5, 5.41) is 14.4. The molecule has 0 saturated heterocycles. The molecule has 3 aromatic rings. The number of carbonyl (C=O) groups excluding carboxylic acids is 1. The Balaban J connectivity index is 1.94. The van der Waals surface area contributed by atoms with Gasteiger partial charge in [0.25, 0.3) is 5.91 Å². The second-order valence-electron chi connectivity index (χ2n) is 5.94. The van der Waals surface area contributed by atoms with Crippen LogP contribution in [0.1, 0.15) is 20.7 Å². The Morgan fingerprint density at radius 3 is 2.70 bits per heavy atom. The number of halogens is 1. The number of carboxylic acids is 1. The van der Waals surface area contributed by atoms with Crippen LogP contribution in [0.4, 0.5) is 11.4 Å². The fourth-order valence-corrected chi connectivity index (χ4v) is 4.33. The van der Waals surface area contributed by atoms with Gasteiger partial charge in [0.15, 0.2) is 0 Å². The van der Waals surface area contributed by atoms with E-state index >= 15 is 0 Å². The molecule has 0 aliphatic heterocycles. The molecule has 154 valence electrons. The Labute approximate surface area is 185 Å². The highest BCUT2D eigenvalue weighted by Crippen LogP contribution is 2.39. The molecular formula is C20H16ClN3O4S2. The van der Waals surface area contributed by atoms with Crippen molar-refractivity contribution in [3.63, 3.8) is 0 Å². The number of ether oxygens (including phenoxy) is 1. The van der Waals surface area contributed by atoms with E-state index in [4.69, 9.17) is 22.1 Å². The number of hydrogen-bond acceptors (Lipinski definition) is 7. The number of nitrogens with one attached hydrogen (secondary N) is 1. The summed E-state index contributed by atoms with van der Waals surface area (Å²) >= 11 is 8.35. The van der Waals surface area contributed by atoms with Crippen molar-refractivity contribution in [2.75, 3.05) is 18.2 Å². The Hall–Kier alpha value is -3.01. The number of hydrogen-bond donors (Lipinski definition) is 3. The zero-order valence-electron chi connectivity index (χ0n) is 15.6. The predicted octanol–water partition coefficient (Wildman–Crippen LogP) is 5.32. The zero-order chi connectivity index (χ0) is 21.8. The van der Waals surface area contributed by atoms with E-state index in [1.807, 2.05) is 0 Å². The second kappa shape index (κ2) is 9.21. The van der Waals surface area contributed by atoms with Crippen LogP contribution < -0.4 is 15.8 Å². The monoisotopic (exact) mass is 461 g/mol. The second-order valence-corrected chi connectivity index (χ2v) is 8.10. The molecule has 0 saturated carbocycles. The first kappa shape index (κ1) is 21.7. The molecule has 0 unspecified atom stereocenters. The number of methoxy groups -OCH3 is 1. The molecule has 0 spiro atoms. The first-order valence-corrected chi connectivity index (χ1v) is 10.4. The Morgan fingerprint density at radius 2 is 2.07 bits per heavy atom. The first-order valence-electron chi connectivity index (χ1n) is 8.38. The van der Waals surface area contributed by atoms with Crippen LogP contribution in [0.2, 0.25) is 5.02 Å². The van der Waals surface area contributed by atoms with Gasteiger partial charge in [-0.25, -0.2) is 9.19 Å². The van der Waals surface area contributed by atoms with Crippen molar-refractivity contribution in [2.45, 2.75) is 4.90 Å². The number of amides is 1. The molecule has 0 radical (unpaired) electrons. The average molecular weight is 462 g/mol. The number of anilines is 2. The van der Waals surface area contributed by atoms with Gasteiger partial charge in [0.05, 0.1) is 27.6 Å². The molecule has 1 aromatic heterocycles. The standard InChI is InChI=1S/C20H16ClN3O4S2/c1-23-30-16-6-4-11(7-13(16)22)19(25)24-14-9-29-18(17(14)20(26)27)10-3-5-12(21)15(8-10)28-2/h3-9H,1,22H2,2H3,(H,24,25)(H,26,27). The fourth-order valence-electron chi connectivity index (χ4n) is 2.71. The molecule has 7 nitrogen and oxygen atoms in total. The third-order valence-electron chi connectivity index (χ3n) is 4.10. The zero-order valence-corrected chi connectivity index (χ0v) is 18.0. The van der Waals surface area contributed by atoms with Gasteiger partial charge in [0.1, 0.15) is 11.3 Å². The molecule has 3 rings (SSSR count). The highest BCUT2D eigenvalue weighted by Gasteiger charge is 2.22. The normalized spacial score (nSPS) is 10.5. The molecule has 0 aliphatic rings. The smallest absolute Gasteiger partial charge is 0.339 e. The molecule has 30 heavy (non-hydrogen) atoms. The molecule has 4 N–H and O–H groups in total. The number of rotatable bonds is 7. The lowest BCUT2D eigenvalue weighted by atomic mass is 10.1. The SMILES string of the molecule is C=NSc1ccc(C(=O)Nc2csc(-c3ccc(Cl)c(OC)c3)c2C(=O)O)cc1N. The molecule has 0 aliphatic carbocycles. The lowest BCUT2D eigenvalue weighted by molar-refractivity contribution is 0.0699. The van der Waals surface area contributed by atoms with E-state index in [-0.39, 0.29) is 16.8 Å². The summed E-state index contributed by atoms with van der Waals surface area (Å²) in [6.07, 6.45) is 0. The van der Waals surface area contributed by atoms with E-state index in [0.717, 1.165) is 11.9 Å². The summed E-state index contributed by atoms with van der Waals surface area (Å²) in [6.45, 7) is 3.39. The summed E-state index contributed by atoms with van der Waals surface area (Å²) in [4.78, 5) is 25.7. The quantitative estimate of drug-likeness (QED) is 0.249. The van der Waals surface area contributed by atoms with Gasteiger partial charge in [-0.05, 0) is 42.6 Å². The van der Waals surface area contributed by atoms with E-state index in [0.29, 0.717) is 31.8 Å². The van der Waals surface area contributed by atoms with Crippen molar-refractivity contribution in [2.24, 2.45) is 4.40 Å². The third-order valence-corrected chi connectivity index (χ3v) is 6.14. The van der Waals surface area contributed by atoms with Crippen molar-refractivity contribution >= 4 is 64.9 Å². The van der Waals surface area contributed by atoms with E-state index < -0.39 is 11.9 Å². The van der Waals surface area contributed by atoms with Crippen LogP contribution in [-0.2, 0) is 0 Å². The van der Waals surface area contributed by atoms with Crippen LogP contribution in [0, 0.1) is 0 Å². The number of aromatic carboxylic acids is 1. The molecule has 10 heteroatoms. The third kappa shape index (κ3) is 4.43. The molecule has 1 amide bonds. The number of nitrogen functional groups attached to an aromatic ring is 1. The number of carboxylic acid groups (broad SMARTS) is 1. The number of nitrogens with zero attached hydrogens (tertiary/aromatic N) is 1. The van der Waals surface area contributed by atoms with Crippen molar-refractivity contribution < 1.29 is 19.4 Å². The molecule has 0 fully saturated rings. The topological polar surface area (TPSA) is 114 Å². The van der Waals surface area contributed by atoms with Gasteiger partial charge in [-0.15, -0.1) is 11.3 Å². The first-order chi connectivity index (χ1) is 14.3. The predicted molar refractivity (Wildman–Crippen MR) is 122 cm³/mol. The van der Waals surface area contributed by atoms with Gasteiger partial charge < -0.3 is 20.9 Å². The minimum Gasteiger partial charge on any atom is -0.495 e. The van der Waals surface area contributed by atoms with Crippen LogP contribution in [0.15, 0.2) is 51.1 Å². The minimum atomic E-state index is -1.17. The highest BCUT2D eigenvalue weighted by molar-refractivity contribution is 7.98. The lowest BCUT2D eigenvalue weighted by Crippen LogP contribution is -2.14. The van der Waals surface area contributed by atoms with E-state index in [2.05, 4.69) is 16.4 Å². The van der Waals surface area contributed by atoms with Crippen molar-refractivity contribution in [3.05, 3.63) is 57.9 Å². The summed E-state index contributed by atoms with van der Waals surface area (Å²) in [6, 6.07) is 9.70. The number of nitrogens with two attached hydrogens (primary N) is 1. The Morgan fingerprint density at radius 1 is 1.30 bits per heavy atom. The summed E-state index contributed by atoms with van der Waals surface area (Å²) in [5.41, 5.74) is 7.38. The van der Waals surface area contributed by atoms with Crippen LogP contribution >= 0.6 is 34.9 Å². The van der Waals surface area contributed by atoms with E-state index in [9.17, 15) is 14.7 Å². The van der Waals surface area contributed by atoms with Gasteiger partial charge >= 0.3 is 5.97 Å². The summed E-state index contributed by atoms with van der Waals surface area (Å²) < 4.78 is 8.90. The van der Waals surface area contributed by atoms with Crippen molar-refractivity contribution in [1.82, 2.24) is 0 Å². The van der Waals surface area contributed by atoms with Crippen LogP contribution in [-0.4, -0.2) is 30.8 Å². The number of carbonyl (C=O) groups is 2. The molecule has 1 heterocycles. The highest BCUT2D eigenvalue weighted by atomic mass is 35.5. The Kier molecular flexibility index (Phi) is 6.66. The van der Waals surface area contributed by atoms with Crippen molar-refractivity contribution in [3.8, 4) is 16.2 Å². The number of benzene rings is 2. The van der Waals surface area contributed by atoms with Crippen LogP contribution in [0.3, 0.4) is 0 Å². The van der Waals surface area contributed by atoms with Gasteiger partial charge in [0, 0.05) is 28.6 Å². The average Bonchev–Trinajstić information content (AvgIpc) is 3.13. The summed E-state index contributed by atoms with van der Waals surface area (Å²) in [7, 11) is 1.48. The largest absolute Gasteiger partial charge is 0.495 e. The van der Waals surface area contributed by atoms with E-state index in [1.54, 1.807) is 35.7 Å². The van der Waals surface area contributed by atoms with Crippen molar-refractivity contribution in [1.29, 1.82) is 0 Å². The Bertz CT molecular complexity index is 1150.